The molecule has 0 aliphatic heterocycles. The second-order valence-corrected chi connectivity index (χ2v) is 3.35. The molecule has 0 aliphatic carbocycles. The number of carboxylic acids is 1. The average Bonchev–Trinajstić information content (AvgIpc) is 2.26. The summed E-state index contributed by atoms with van der Waals surface area (Å²) < 4.78 is 0. The highest BCUT2D eigenvalue weighted by atomic mass is 16.4. The van der Waals surface area contributed by atoms with Gasteiger partial charge >= 0.3 is 0 Å². The molecule has 1 rings (SSSR count). The lowest BCUT2D eigenvalue weighted by Gasteiger charge is -2.03. The van der Waals surface area contributed by atoms with Crippen molar-refractivity contribution in [2.45, 2.75) is 26.2 Å². The minimum Gasteiger partial charge on any atom is -0.550 e. The molecule has 0 aliphatic rings. The summed E-state index contributed by atoms with van der Waals surface area (Å²) in [5, 5.41) is 10.2. The van der Waals surface area contributed by atoms with Crippen LogP contribution in [-0.2, 0) is 11.2 Å². The van der Waals surface area contributed by atoms with E-state index >= 15 is 0 Å². The largest absolute Gasteiger partial charge is 0.550 e. The van der Waals surface area contributed by atoms with Crippen LogP contribution in [0.1, 0.15) is 35.7 Å². The van der Waals surface area contributed by atoms with Gasteiger partial charge in [0.25, 0.3) is 0 Å². The third kappa shape index (κ3) is 3.54. The molecule has 80 valence electrons. The fraction of sp³-hybridized carbons (Fsp3) is 0.333. The Morgan fingerprint density at radius 1 is 1.13 bits per heavy atom. The number of aliphatic carboxylic acids is 1. The fourth-order valence-corrected chi connectivity index (χ4v) is 1.29. The number of ketones is 1. The van der Waals surface area contributed by atoms with Crippen LogP contribution < -0.4 is 5.11 Å². The zero-order valence-corrected chi connectivity index (χ0v) is 8.66. The van der Waals surface area contributed by atoms with Crippen molar-refractivity contribution >= 4 is 11.8 Å². The van der Waals surface area contributed by atoms with Gasteiger partial charge < -0.3 is 9.90 Å². The number of aryl methyl sites for hydroxylation is 1. The molecule has 1 aromatic rings. The lowest BCUT2D eigenvalue weighted by Crippen LogP contribution is -2.22. The molecule has 0 aromatic heterocycles. The van der Waals surface area contributed by atoms with Crippen molar-refractivity contribution in [3.63, 3.8) is 0 Å². The molecule has 3 heteroatoms. The molecule has 0 heterocycles. The van der Waals surface area contributed by atoms with Crippen LogP contribution in [0.4, 0.5) is 0 Å². The molecule has 3 nitrogen and oxygen atoms in total. The summed E-state index contributed by atoms with van der Waals surface area (Å²) in [6.45, 7) is 2.03. The maximum Gasteiger partial charge on any atom is 0.163 e. The first-order valence-electron chi connectivity index (χ1n) is 4.95. The lowest BCUT2D eigenvalue weighted by molar-refractivity contribution is -0.305. The number of hydrogen-bond acceptors (Lipinski definition) is 3. The third-order valence-electron chi connectivity index (χ3n) is 2.24. The molecule has 1 aromatic carbocycles. The number of carbonyl (C=O) groups excluding carboxylic acids is 2. The van der Waals surface area contributed by atoms with Crippen LogP contribution in [0, 0.1) is 0 Å². The van der Waals surface area contributed by atoms with Crippen molar-refractivity contribution in [1.29, 1.82) is 0 Å². The predicted octanol–water partition coefficient (Wildman–Crippen LogP) is 0.962. The molecule has 0 spiro atoms. The maximum absolute atomic E-state index is 11.5. The SMILES string of the molecule is CCc1ccc(C(=O)CCC(=O)[O-])cc1. The van der Waals surface area contributed by atoms with Gasteiger partial charge in [0.05, 0.1) is 0 Å². The summed E-state index contributed by atoms with van der Waals surface area (Å²) >= 11 is 0. The Morgan fingerprint density at radius 3 is 2.20 bits per heavy atom. The molecular weight excluding hydrogens is 192 g/mol. The Morgan fingerprint density at radius 2 is 1.73 bits per heavy atom. The van der Waals surface area contributed by atoms with Crippen LogP contribution in [0.3, 0.4) is 0 Å². The Hall–Kier alpha value is -1.64. The van der Waals surface area contributed by atoms with Crippen LogP contribution >= 0.6 is 0 Å². The predicted molar refractivity (Wildman–Crippen MR) is 54.4 cm³/mol. The Kier molecular flexibility index (Phi) is 4.03. The zero-order chi connectivity index (χ0) is 11.3. The molecule has 15 heavy (non-hydrogen) atoms. The monoisotopic (exact) mass is 205 g/mol. The normalized spacial score (nSPS) is 9.93. The summed E-state index contributed by atoms with van der Waals surface area (Å²) in [7, 11) is 0. The molecule has 0 atom stereocenters. The van der Waals surface area contributed by atoms with Crippen molar-refractivity contribution in [1.82, 2.24) is 0 Å². The average molecular weight is 205 g/mol. The van der Waals surface area contributed by atoms with Gasteiger partial charge in [0, 0.05) is 18.0 Å². The highest BCUT2D eigenvalue weighted by Crippen LogP contribution is 2.08. The van der Waals surface area contributed by atoms with Gasteiger partial charge in [-0.05, 0) is 18.4 Å². The van der Waals surface area contributed by atoms with Gasteiger partial charge in [-0.3, -0.25) is 4.79 Å². The molecule has 0 saturated heterocycles. The second kappa shape index (κ2) is 5.29. The molecule has 0 radical (unpaired) electrons. The smallest absolute Gasteiger partial charge is 0.163 e. The lowest BCUT2D eigenvalue weighted by atomic mass is 10.0. The van der Waals surface area contributed by atoms with Crippen LogP contribution in [-0.4, -0.2) is 11.8 Å². The first-order chi connectivity index (χ1) is 7.13. The summed E-state index contributed by atoms with van der Waals surface area (Å²) in [4.78, 5) is 21.6. The van der Waals surface area contributed by atoms with E-state index in [2.05, 4.69) is 0 Å². The highest BCUT2D eigenvalue weighted by Gasteiger charge is 2.04. The van der Waals surface area contributed by atoms with E-state index in [1.807, 2.05) is 19.1 Å². The van der Waals surface area contributed by atoms with Gasteiger partial charge in [0.2, 0.25) is 0 Å². The van der Waals surface area contributed by atoms with Gasteiger partial charge in [-0.15, -0.1) is 0 Å². The second-order valence-electron chi connectivity index (χ2n) is 3.35. The van der Waals surface area contributed by atoms with Gasteiger partial charge in [0.1, 0.15) is 0 Å². The minimum atomic E-state index is -1.19. The Bertz CT molecular complexity index is 352. The van der Waals surface area contributed by atoms with E-state index < -0.39 is 5.97 Å². The standard InChI is InChI=1S/C12H14O3/c1-2-9-3-5-10(6-4-9)11(13)7-8-12(14)15/h3-6H,2,7-8H2,1H3,(H,14,15)/p-1. The van der Waals surface area contributed by atoms with Gasteiger partial charge in [0.15, 0.2) is 5.78 Å². The number of carbonyl (C=O) groups is 2. The van der Waals surface area contributed by atoms with Crippen LogP contribution in [0.2, 0.25) is 0 Å². The van der Waals surface area contributed by atoms with Crippen LogP contribution in [0.5, 0.6) is 0 Å². The van der Waals surface area contributed by atoms with Gasteiger partial charge in [-0.1, -0.05) is 31.2 Å². The molecule has 0 fully saturated rings. The van der Waals surface area contributed by atoms with Crippen molar-refractivity contribution in [3.05, 3.63) is 35.4 Å². The number of Topliss-reactive ketones (excluding diaryl/α,β-unsaturated/α-hetero) is 1. The van der Waals surface area contributed by atoms with E-state index in [4.69, 9.17) is 0 Å². The third-order valence-corrected chi connectivity index (χ3v) is 2.24. The summed E-state index contributed by atoms with van der Waals surface area (Å²) in [5.74, 6) is -1.34. The molecule has 0 amide bonds. The number of rotatable bonds is 5. The topological polar surface area (TPSA) is 57.2 Å². The Balaban J connectivity index is 2.62. The quantitative estimate of drug-likeness (QED) is 0.673. The van der Waals surface area contributed by atoms with E-state index in [0.717, 1.165) is 12.0 Å². The van der Waals surface area contributed by atoms with Gasteiger partial charge in [-0.25, -0.2) is 0 Å². The zero-order valence-electron chi connectivity index (χ0n) is 8.66. The minimum absolute atomic E-state index is 0.00774. The highest BCUT2D eigenvalue weighted by molar-refractivity contribution is 5.97. The van der Waals surface area contributed by atoms with E-state index in [9.17, 15) is 14.7 Å². The van der Waals surface area contributed by atoms with E-state index in [1.54, 1.807) is 12.1 Å². The first-order valence-corrected chi connectivity index (χ1v) is 4.95. The number of carboxylic acid groups (broad SMARTS) is 1. The molecular formula is C12H13O3-. The van der Waals surface area contributed by atoms with Crippen molar-refractivity contribution in [2.24, 2.45) is 0 Å². The molecule has 0 N–H and O–H groups in total. The molecule has 0 bridgehead atoms. The number of hydrogen-bond donors (Lipinski definition) is 0. The first kappa shape index (κ1) is 11.4. The van der Waals surface area contributed by atoms with E-state index in [1.165, 1.54) is 0 Å². The fourth-order valence-electron chi connectivity index (χ4n) is 1.29. The Labute approximate surface area is 88.7 Å². The van der Waals surface area contributed by atoms with Gasteiger partial charge in [-0.2, -0.15) is 0 Å². The summed E-state index contributed by atoms with van der Waals surface area (Å²) in [6.07, 6.45) is 0.718. The number of benzene rings is 1. The summed E-state index contributed by atoms with van der Waals surface area (Å²) in [5.41, 5.74) is 1.72. The van der Waals surface area contributed by atoms with E-state index in [0.29, 0.717) is 5.56 Å². The maximum atomic E-state index is 11.5. The van der Waals surface area contributed by atoms with E-state index in [-0.39, 0.29) is 18.6 Å². The van der Waals surface area contributed by atoms with Crippen LogP contribution in [0.25, 0.3) is 0 Å². The van der Waals surface area contributed by atoms with Crippen molar-refractivity contribution < 1.29 is 14.7 Å². The van der Waals surface area contributed by atoms with Crippen molar-refractivity contribution in [2.75, 3.05) is 0 Å². The van der Waals surface area contributed by atoms with Crippen molar-refractivity contribution in [3.8, 4) is 0 Å². The molecule has 0 saturated carbocycles. The molecule has 0 unspecified atom stereocenters. The summed E-state index contributed by atoms with van der Waals surface area (Å²) in [6, 6.07) is 7.23. The van der Waals surface area contributed by atoms with Crippen LogP contribution in [0.15, 0.2) is 24.3 Å².